The number of ether oxygens (including phenoxy) is 3. The summed E-state index contributed by atoms with van der Waals surface area (Å²) in [6, 6.07) is 25.8. The summed E-state index contributed by atoms with van der Waals surface area (Å²) in [7, 11) is 1.74. The molecule has 6 aromatic rings. The first-order valence-electron chi connectivity index (χ1n) is 29.5. The molecule has 4 amide bonds. The van der Waals surface area contributed by atoms with Crippen molar-refractivity contribution in [1.29, 1.82) is 0 Å². The molecule has 7 heterocycles. The first kappa shape index (κ1) is 63.4. The van der Waals surface area contributed by atoms with Crippen LogP contribution in [-0.4, -0.2) is 164 Å². The zero-order valence-electron chi connectivity index (χ0n) is 49.7. The predicted octanol–water partition coefficient (Wildman–Crippen LogP) is 4.91. The largest absolute Gasteiger partial charge is 0.378 e. The molecule has 3 aromatic carbocycles. The lowest BCUT2D eigenvalue weighted by Gasteiger charge is -2.27. The number of benzene rings is 3. The van der Waals surface area contributed by atoms with E-state index in [1.54, 1.807) is 43.1 Å². The van der Waals surface area contributed by atoms with Crippen LogP contribution in [-0.2, 0) is 52.7 Å². The Balaban J connectivity index is 0.000000171. The van der Waals surface area contributed by atoms with Crippen LogP contribution in [0.15, 0.2) is 99.3 Å². The lowest BCUT2D eigenvalue weighted by molar-refractivity contribution is -0.118. The minimum absolute atomic E-state index is 0.0301. The van der Waals surface area contributed by atoms with Gasteiger partial charge in [-0.3, -0.25) is 53.4 Å². The number of anilines is 7. The molecule has 86 heavy (non-hydrogen) atoms. The number of nitrogens with zero attached hydrogens (tertiary/aromatic N) is 8. The maximum Gasteiger partial charge on any atom is 0.255 e. The van der Waals surface area contributed by atoms with Crippen LogP contribution < -0.4 is 52.2 Å². The molecule has 4 saturated heterocycles. The number of carbonyl (C=O) groups excluding carboxylic acids is 4. The number of carbonyl (C=O) groups is 4. The van der Waals surface area contributed by atoms with E-state index in [1.165, 1.54) is 6.42 Å². The van der Waals surface area contributed by atoms with Crippen LogP contribution in [0.5, 0.6) is 0 Å². The van der Waals surface area contributed by atoms with Crippen LogP contribution in [0.25, 0.3) is 0 Å². The molecule has 24 nitrogen and oxygen atoms in total. The number of likely N-dealkylation sites (tertiary alicyclic amines) is 1. The number of piperidine rings is 1. The number of morpholine rings is 3. The van der Waals surface area contributed by atoms with E-state index >= 15 is 0 Å². The normalized spacial score (nSPS) is 15.3. The van der Waals surface area contributed by atoms with Crippen molar-refractivity contribution >= 4 is 64.2 Å². The van der Waals surface area contributed by atoms with Gasteiger partial charge in [0.2, 0.25) is 41.5 Å². The van der Waals surface area contributed by atoms with Crippen molar-refractivity contribution in [2.75, 3.05) is 141 Å². The van der Waals surface area contributed by atoms with Gasteiger partial charge in [-0.1, -0.05) is 42.8 Å². The smallest absolute Gasteiger partial charge is 0.255 e. The SMILES string of the molecule is Cc1nc(N2CCOCC2)[nH]c(=O)c1CCC(=O)N(C)c1ccccc1.Cc1nc(N2CCOCC2)[nH]c(=O)c1CCC(=O)Nc1ccc(NC(=O)CN2CCCCC2)cc1.Cc1nc(N2CCOCC2)[nH]c(=O)c1CCC(=O)Nc1ccccc1. The van der Waals surface area contributed by atoms with Crippen LogP contribution in [0.4, 0.5) is 40.6 Å². The fourth-order valence-corrected chi connectivity index (χ4v) is 10.2. The van der Waals surface area contributed by atoms with E-state index in [0.29, 0.717) is 168 Å². The molecule has 0 radical (unpaired) electrons. The lowest BCUT2D eigenvalue weighted by Crippen LogP contribution is -2.38. The summed E-state index contributed by atoms with van der Waals surface area (Å²) in [6.45, 7) is 15.7. The number of rotatable bonds is 18. The van der Waals surface area contributed by atoms with Crippen molar-refractivity contribution in [3.05, 3.63) is 150 Å². The summed E-state index contributed by atoms with van der Waals surface area (Å²) in [5, 5.41) is 8.57. The predicted molar refractivity (Wildman–Crippen MR) is 332 cm³/mol. The highest BCUT2D eigenvalue weighted by atomic mass is 16.5. The third-order valence-electron chi connectivity index (χ3n) is 15.2. The van der Waals surface area contributed by atoms with Crippen molar-refractivity contribution in [2.24, 2.45) is 0 Å². The molecule has 0 bridgehead atoms. The Kier molecular flexibility index (Phi) is 23.7. The summed E-state index contributed by atoms with van der Waals surface area (Å²) in [6.07, 6.45) is 5.21. The molecule has 0 saturated carbocycles. The minimum Gasteiger partial charge on any atom is -0.378 e. The van der Waals surface area contributed by atoms with Gasteiger partial charge in [-0.15, -0.1) is 0 Å². The fourth-order valence-electron chi connectivity index (χ4n) is 10.2. The number of aryl methyl sites for hydroxylation is 3. The maximum absolute atomic E-state index is 12.6. The van der Waals surface area contributed by atoms with Gasteiger partial charge in [0.1, 0.15) is 0 Å². The Hall–Kier alpha value is -8.58. The Morgan fingerprint density at radius 3 is 1.20 bits per heavy atom. The second-order valence-electron chi connectivity index (χ2n) is 21.4. The minimum atomic E-state index is -0.212. The molecule has 0 spiro atoms. The quantitative estimate of drug-likeness (QED) is 0.0667. The molecule has 458 valence electrons. The van der Waals surface area contributed by atoms with Gasteiger partial charge >= 0.3 is 0 Å². The van der Waals surface area contributed by atoms with Crippen LogP contribution in [0.2, 0.25) is 0 Å². The maximum atomic E-state index is 12.6. The number of aromatic amines is 3. The molecule has 24 heteroatoms. The molecule has 10 rings (SSSR count). The van der Waals surface area contributed by atoms with Gasteiger partial charge in [-0.25, -0.2) is 15.0 Å². The molecule has 4 fully saturated rings. The zero-order chi connectivity index (χ0) is 60.8. The van der Waals surface area contributed by atoms with Crippen molar-refractivity contribution in [3.63, 3.8) is 0 Å². The number of para-hydroxylation sites is 2. The third kappa shape index (κ3) is 19.0. The number of aromatic nitrogens is 6. The highest BCUT2D eigenvalue weighted by Gasteiger charge is 2.22. The monoisotopic (exact) mass is 1180 g/mol. The Bertz CT molecular complexity index is 3370. The zero-order valence-corrected chi connectivity index (χ0v) is 49.7. The average molecular weight is 1180 g/mol. The summed E-state index contributed by atoms with van der Waals surface area (Å²) in [5.74, 6) is 1.32. The van der Waals surface area contributed by atoms with Gasteiger partial charge in [-0.2, -0.15) is 0 Å². The van der Waals surface area contributed by atoms with E-state index < -0.39 is 0 Å². The lowest BCUT2D eigenvalue weighted by atomic mass is 10.1. The number of amides is 4. The van der Waals surface area contributed by atoms with E-state index in [9.17, 15) is 33.6 Å². The summed E-state index contributed by atoms with van der Waals surface area (Å²) in [5.41, 5.74) is 5.96. The Morgan fingerprint density at radius 2 is 0.814 bits per heavy atom. The van der Waals surface area contributed by atoms with E-state index in [-0.39, 0.29) is 59.6 Å². The summed E-state index contributed by atoms with van der Waals surface area (Å²) in [4.78, 5) is 119. The number of nitrogens with one attached hydrogen (secondary N) is 6. The standard InChI is InChI=1S/C25H34N6O4.C19H24N4O3.C18H22N4O3/c1-18-21(24(34)29-25(26-18)31-13-15-35-16-14-31)9-10-22(32)27-19-5-7-20(8-6-19)28-23(33)17-30-11-3-2-4-12-30;1-14-16(8-9-17(24)22(2)15-6-4-3-5-7-15)18(25)21-19(20-14)23-10-12-26-13-11-23;1-13-15(7-8-16(23)20-14-5-3-2-4-6-14)17(24)21-18(19-13)22-9-11-25-12-10-22/h5-8H,2-4,9-17H2,1H3,(H,27,32)(H,28,33)(H,26,29,34);3-7H,8-13H2,1-2H3,(H,20,21,25);2-6H,7-12H2,1H3,(H,20,23)(H,19,21,24). The molecule has 3 aromatic heterocycles. The van der Waals surface area contributed by atoms with Crippen molar-refractivity contribution in [2.45, 2.75) is 78.6 Å². The van der Waals surface area contributed by atoms with E-state index in [0.717, 1.165) is 37.3 Å². The summed E-state index contributed by atoms with van der Waals surface area (Å²) < 4.78 is 16.0. The molecular weight excluding hydrogens is 1100 g/mol. The fraction of sp³-hybridized carbons (Fsp3) is 0.452. The Labute approximate surface area is 500 Å². The molecule has 0 atom stereocenters. The highest BCUT2D eigenvalue weighted by Crippen LogP contribution is 2.19. The number of H-pyrrole nitrogens is 3. The van der Waals surface area contributed by atoms with Gasteiger partial charge in [-0.05, 0) is 114 Å². The van der Waals surface area contributed by atoms with Gasteiger partial charge < -0.3 is 49.8 Å². The number of hydrogen-bond donors (Lipinski definition) is 6. The Morgan fingerprint density at radius 1 is 0.465 bits per heavy atom. The topological polar surface area (TPSA) is 286 Å². The molecular formula is C62H80N14O10. The van der Waals surface area contributed by atoms with Crippen LogP contribution in [0.1, 0.15) is 72.3 Å². The molecule has 6 N–H and O–H groups in total. The third-order valence-corrected chi connectivity index (χ3v) is 15.2. The van der Waals surface area contributed by atoms with Gasteiger partial charge in [0.05, 0.1) is 46.2 Å². The highest BCUT2D eigenvalue weighted by molar-refractivity contribution is 5.94. The molecule has 0 unspecified atom stereocenters. The molecule has 0 aliphatic carbocycles. The van der Waals surface area contributed by atoms with Crippen molar-refractivity contribution in [3.8, 4) is 0 Å². The number of hydrogen-bond acceptors (Lipinski definition) is 17. The molecule has 4 aliphatic rings. The van der Waals surface area contributed by atoms with E-state index in [1.807, 2.05) is 89.2 Å². The first-order chi connectivity index (χ1) is 41.7. The van der Waals surface area contributed by atoms with Crippen LogP contribution in [0.3, 0.4) is 0 Å². The van der Waals surface area contributed by atoms with Crippen LogP contribution >= 0.6 is 0 Å². The van der Waals surface area contributed by atoms with E-state index in [2.05, 4.69) is 50.8 Å². The molecule has 4 aliphatic heterocycles. The second-order valence-corrected chi connectivity index (χ2v) is 21.4. The first-order valence-corrected chi connectivity index (χ1v) is 29.5. The average Bonchev–Trinajstić information content (AvgIpc) is 3.49. The van der Waals surface area contributed by atoms with Crippen molar-refractivity contribution < 1.29 is 33.4 Å². The van der Waals surface area contributed by atoms with Gasteiger partial charge in [0.15, 0.2) is 0 Å². The summed E-state index contributed by atoms with van der Waals surface area (Å²) >= 11 is 0. The second kappa shape index (κ2) is 32.1. The van der Waals surface area contributed by atoms with Gasteiger partial charge in [0.25, 0.3) is 16.7 Å². The van der Waals surface area contributed by atoms with E-state index in [4.69, 9.17) is 14.2 Å². The van der Waals surface area contributed by atoms with Crippen LogP contribution in [0, 0.1) is 20.8 Å². The van der Waals surface area contributed by atoms with Gasteiger partial charge in [0, 0.05) is 122 Å². The van der Waals surface area contributed by atoms with Crippen molar-refractivity contribution in [1.82, 2.24) is 34.8 Å².